The molecular weight excluding hydrogens is 256 g/mol. The molecule has 0 bridgehead atoms. The molecule has 0 aliphatic carbocycles. The van der Waals surface area contributed by atoms with Gasteiger partial charge in [0.25, 0.3) is 0 Å². The molecule has 0 spiro atoms. The van der Waals surface area contributed by atoms with Gasteiger partial charge in [-0.2, -0.15) is 0 Å². The molecule has 1 aromatic carbocycles. The number of hydrogen-bond acceptors (Lipinski definition) is 4. The Kier molecular flexibility index (Phi) is 6.87. The SMILES string of the molecule is CCCNC(CCN(C)c1cccc(OC)c1)C(=O)O. The molecule has 0 heterocycles. The molecule has 0 saturated heterocycles. The van der Waals surface area contributed by atoms with E-state index in [0.29, 0.717) is 13.0 Å². The summed E-state index contributed by atoms with van der Waals surface area (Å²) in [5, 5.41) is 12.2. The number of nitrogens with one attached hydrogen (secondary N) is 1. The number of hydrogen-bond donors (Lipinski definition) is 2. The summed E-state index contributed by atoms with van der Waals surface area (Å²) in [7, 11) is 3.59. The van der Waals surface area contributed by atoms with Crippen molar-refractivity contribution in [1.29, 1.82) is 0 Å². The Morgan fingerprint density at radius 3 is 2.85 bits per heavy atom. The van der Waals surface area contributed by atoms with Gasteiger partial charge in [-0.3, -0.25) is 4.79 Å². The van der Waals surface area contributed by atoms with Crippen molar-refractivity contribution in [2.75, 3.05) is 32.1 Å². The van der Waals surface area contributed by atoms with Gasteiger partial charge in [-0.05, 0) is 31.5 Å². The van der Waals surface area contributed by atoms with E-state index in [1.54, 1.807) is 7.11 Å². The number of carboxylic acid groups (broad SMARTS) is 1. The van der Waals surface area contributed by atoms with Crippen LogP contribution in [0.3, 0.4) is 0 Å². The fourth-order valence-corrected chi connectivity index (χ4v) is 1.93. The van der Waals surface area contributed by atoms with Gasteiger partial charge in [-0.15, -0.1) is 0 Å². The number of ether oxygens (including phenoxy) is 1. The predicted octanol–water partition coefficient (Wildman–Crippen LogP) is 1.97. The molecule has 0 radical (unpaired) electrons. The van der Waals surface area contributed by atoms with E-state index in [2.05, 4.69) is 5.32 Å². The van der Waals surface area contributed by atoms with E-state index < -0.39 is 12.0 Å². The molecule has 0 aromatic heterocycles. The Bertz CT molecular complexity index is 423. The normalized spacial score (nSPS) is 11.9. The first-order valence-corrected chi connectivity index (χ1v) is 6.89. The Labute approximate surface area is 120 Å². The zero-order valence-electron chi connectivity index (χ0n) is 12.4. The third-order valence-corrected chi connectivity index (χ3v) is 3.19. The van der Waals surface area contributed by atoms with Gasteiger partial charge >= 0.3 is 5.97 Å². The Morgan fingerprint density at radius 2 is 2.25 bits per heavy atom. The maximum Gasteiger partial charge on any atom is 0.320 e. The predicted molar refractivity (Wildman–Crippen MR) is 80.6 cm³/mol. The molecule has 5 nitrogen and oxygen atoms in total. The summed E-state index contributed by atoms with van der Waals surface area (Å²) in [6, 6.07) is 7.24. The van der Waals surface area contributed by atoms with Gasteiger partial charge in [0.05, 0.1) is 7.11 Å². The van der Waals surface area contributed by atoms with E-state index >= 15 is 0 Å². The van der Waals surface area contributed by atoms with Crippen LogP contribution in [0.25, 0.3) is 0 Å². The third-order valence-electron chi connectivity index (χ3n) is 3.19. The monoisotopic (exact) mass is 280 g/mol. The van der Waals surface area contributed by atoms with Crippen molar-refractivity contribution in [1.82, 2.24) is 5.32 Å². The van der Waals surface area contributed by atoms with Crippen LogP contribution in [0.2, 0.25) is 0 Å². The maximum absolute atomic E-state index is 11.2. The van der Waals surface area contributed by atoms with Crippen LogP contribution in [-0.2, 0) is 4.79 Å². The van der Waals surface area contributed by atoms with E-state index in [-0.39, 0.29) is 0 Å². The Hall–Kier alpha value is -1.75. The second-order valence-corrected chi connectivity index (χ2v) is 4.76. The Balaban J connectivity index is 2.55. The van der Waals surface area contributed by atoms with Crippen LogP contribution in [0.5, 0.6) is 5.75 Å². The average molecular weight is 280 g/mol. The highest BCUT2D eigenvalue weighted by molar-refractivity contribution is 5.73. The number of rotatable bonds is 9. The molecule has 0 fully saturated rings. The summed E-state index contributed by atoms with van der Waals surface area (Å²) < 4.78 is 5.19. The lowest BCUT2D eigenvalue weighted by molar-refractivity contribution is -0.139. The summed E-state index contributed by atoms with van der Waals surface area (Å²) in [4.78, 5) is 13.2. The second-order valence-electron chi connectivity index (χ2n) is 4.76. The smallest absolute Gasteiger partial charge is 0.320 e. The minimum atomic E-state index is -0.794. The summed E-state index contributed by atoms with van der Waals surface area (Å²) in [5.41, 5.74) is 1.02. The second kappa shape index (κ2) is 8.43. The molecular formula is C15H24N2O3. The fourth-order valence-electron chi connectivity index (χ4n) is 1.93. The molecule has 1 atom stereocenters. The first kappa shape index (κ1) is 16.3. The van der Waals surface area contributed by atoms with Crippen molar-refractivity contribution in [3.8, 4) is 5.75 Å². The summed E-state index contributed by atoms with van der Waals surface area (Å²) in [6.45, 7) is 3.41. The molecule has 0 amide bonds. The van der Waals surface area contributed by atoms with Gasteiger partial charge in [0, 0.05) is 25.3 Å². The lowest BCUT2D eigenvalue weighted by atomic mass is 10.2. The van der Waals surface area contributed by atoms with Crippen LogP contribution in [0, 0.1) is 0 Å². The highest BCUT2D eigenvalue weighted by atomic mass is 16.5. The van der Waals surface area contributed by atoms with E-state index in [1.165, 1.54) is 0 Å². The van der Waals surface area contributed by atoms with Crippen molar-refractivity contribution in [3.63, 3.8) is 0 Å². The van der Waals surface area contributed by atoms with Crippen LogP contribution in [-0.4, -0.2) is 44.4 Å². The molecule has 0 aliphatic rings. The molecule has 1 rings (SSSR count). The van der Waals surface area contributed by atoms with Gasteiger partial charge in [-0.25, -0.2) is 0 Å². The van der Waals surface area contributed by atoms with Gasteiger partial charge in [0.15, 0.2) is 0 Å². The van der Waals surface area contributed by atoms with Crippen molar-refractivity contribution in [3.05, 3.63) is 24.3 Å². The summed E-state index contributed by atoms with van der Waals surface area (Å²) in [5.74, 6) is 0.00531. The first-order valence-electron chi connectivity index (χ1n) is 6.89. The van der Waals surface area contributed by atoms with Gasteiger partial charge in [0.2, 0.25) is 0 Å². The van der Waals surface area contributed by atoms with Crippen LogP contribution in [0.4, 0.5) is 5.69 Å². The quantitative estimate of drug-likeness (QED) is 0.724. The van der Waals surface area contributed by atoms with E-state index in [9.17, 15) is 4.79 Å². The number of carbonyl (C=O) groups is 1. The zero-order valence-corrected chi connectivity index (χ0v) is 12.4. The summed E-state index contributed by atoms with van der Waals surface area (Å²) in [6.07, 6.45) is 1.48. The number of methoxy groups -OCH3 is 1. The van der Waals surface area contributed by atoms with E-state index in [1.807, 2.05) is 43.1 Å². The van der Waals surface area contributed by atoms with Crippen molar-refractivity contribution < 1.29 is 14.6 Å². The lowest BCUT2D eigenvalue weighted by Crippen LogP contribution is -2.39. The molecule has 0 aliphatic heterocycles. The standard InChI is InChI=1S/C15H24N2O3/c1-4-9-16-14(15(18)19)8-10-17(2)12-6-5-7-13(11-12)20-3/h5-7,11,14,16H,4,8-10H2,1-3H3,(H,18,19). The minimum absolute atomic E-state index is 0.497. The highest BCUT2D eigenvalue weighted by Gasteiger charge is 2.16. The molecule has 1 aromatic rings. The average Bonchev–Trinajstić information content (AvgIpc) is 2.46. The van der Waals surface area contributed by atoms with Gasteiger partial charge in [0.1, 0.15) is 11.8 Å². The Morgan fingerprint density at radius 1 is 1.50 bits per heavy atom. The molecule has 2 N–H and O–H groups in total. The number of nitrogens with zero attached hydrogens (tertiary/aromatic N) is 1. The topological polar surface area (TPSA) is 61.8 Å². The van der Waals surface area contributed by atoms with Gasteiger partial charge < -0.3 is 20.1 Å². The number of benzene rings is 1. The van der Waals surface area contributed by atoms with E-state index in [4.69, 9.17) is 9.84 Å². The highest BCUT2D eigenvalue weighted by Crippen LogP contribution is 2.20. The lowest BCUT2D eigenvalue weighted by Gasteiger charge is -2.22. The largest absolute Gasteiger partial charge is 0.497 e. The summed E-state index contributed by atoms with van der Waals surface area (Å²) >= 11 is 0. The van der Waals surface area contributed by atoms with Crippen LogP contribution in [0.15, 0.2) is 24.3 Å². The van der Waals surface area contributed by atoms with Crippen LogP contribution < -0.4 is 15.0 Å². The van der Waals surface area contributed by atoms with Gasteiger partial charge in [-0.1, -0.05) is 13.0 Å². The zero-order chi connectivity index (χ0) is 15.0. The van der Waals surface area contributed by atoms with Crippen LogP contribution >= 0.6 is 0 Å². The molecule has 1 unspecified atom stereocenters. The van der Waals surface area contributed by atoms with Crippen molar-refractivity contribution in [2.24, 2.45) is 0 Å². The third kappa shape index (κ3) is 5.09. The number of aliphatic carboxylic acids is 1. The van der Waals surface area contributed by atoms with Crippen molar-refractivity contribution >= 4 is 11.7 Å². The molecule has 0 saturated carbocycles. The first-order chi connectivity index (χ1) is 9.58. The van der Waals surface area contributed by atoms with Crippen LogP contribution in [0.1, 0.15) is 19.8 Å². The number of anilines is 1. The van der Waals surface area contributed by atoms with Crippen molar-refractivity contribution in [2.45, 2.75) is 25.8 Å². The molecule has 112 valence electrons. The molecule has 20 heavy (non-hydrogen) atoms. The minimum Gasteiger partial charge on any atom is -0.497 e. The fraction of sp³-hybridized carbons (Fsp3) is 0.533. The molecule has 5 heteroatoms. The number of carboxylic acids is 1. The van der Waals surface area contributed by atoms with E-state index in [0.717, 1.165) is 24.4 Å². The maximum atomic E-state index is 11.2.